The Bertz CT molecular complexity index is 699. The fraction of sp³-hybridized carbons (Fsp3) is 0.286. The molecule has 6 heteroatoms. The summed E-state index contributed by atoms with van der Waals surface area (Å²) in [5.74, 6) is -1.82. The molecule has 0 bridgehead atoms. The lowest BCUT2D eigenvalue weighted by Gasteiger charge is -2.17. The maximum atomic E-state index is 14.0. The second-order valence-electron chi connectivity index (χ2n) is 4.92. The molecule has 0 saturated carbocycles. The minimum absolute atomic E-state index is 0.128. The van der Waals surface area contributed by atoms with E-state index >= 15 is 0 Å². The molecule has 2 heterocycles. The molecule has 0 aliphatic carbocycles. The van der Waals surface area contributed by atoms with E-state index in [-0.39, 0.29) is 25.4 Å². The molecule has 1 aromatic heterocycles. The number of nitrogens with zero attached hydrogens (tertiary/aromatic N) is 1. The summed E-state index contributed by atoms with van der Waals surface area (Å²) in [6.07, 6.45) is -0.158. The number of carbonyl (C=O) groups excluding carboxylic acids is 1. The standard InChI is InChI=1S/C14H12FNO3S/c15-14(13(18)19)4-5-16(8-14)12(17)10-1-2-11-9(7-10)3-6-20-11/h1-3,6-7H,4-5,8H2,(H,18,19). The van der Waals surface area contributed by atoms with Crippen molar-refractivity contribution < 1.29 is 19.1 Å². The molecule has 1 atom stereocenters. The summed E-state index contributed by atoms with van der Waals surface area (Å²) in [5.41, 5.74) is -1.85. The van der Waals surface area contributed by atoms with Crippen molar-refractivity contribution in [2.45, 2.75) is 12.1 Å². The Morgan fingerprint density at radius 2 is 2.15 bits per heavy atom. The molecule has 0 radical (unpaired) electrons. The Morgan fingerprint density at radius 1 is 1.35 bits per heavy atom. The second-order valence-corrected chi connectivity index (χ2v) is 5.87. The van der Waals surface area contributed by atoms with E-state index in [4.69, 9.17) is 5.11 Å². The highest BCUT2D eigenvalue weighted by Gasteiger charge is 2.46. The molecule has 1 aliphatic heterocycles. The molecule has 1 unspecified atom stereocenters. The number of rotatable bonds is 2. The molecule has 1 aromatic carbocycles. The number of alkyl halides is 1. The summed E-state index contributed by atoms with van der Waals surface area (Å²) >= 11 is 1.58. The average Bonchev–Trinajstić information content (AvgIpc) is 3.04. The van der Waals surface area contributed by atoms with Gasteiger partial charge < -0.3 is 10.0 Å². The van der Waals surface area contributed by atoms with Gasteiger partial charge in [-0.15, -0.1) is 11.3 Å². The number of aliphatic carboxylic acids is 1. The lowest BCUT2D eigenvalue weighted by Crippen LogP contribution is -2.38. The van der Waals surface area contributed by atoms with Gasteiger partial charge in [0, 0.05) is 23.2 Å². The first-order valence-electron chi connectivity index (χ1n) is 6.18. The van der Waals surface area contributed by atoms with E-state index in [1.54, 1.807) is 23.5 Å². The van der Waals surface area contributed by atoms with Crippen molar-refractivity contribution in [3.05, 3.63) is 35.2 Å². The van der Waals surface area contributed by atoms with Gasteiger partial charge in [0.05, 0.1) is 6.54 Å². The van der Waals surface area contributed by atoms with Crippen molar-refractivity contribution >= 4 is 33.3 Å². The summed E-state index contributed by atoms with van der Waals surface area (Å²) in [6, 6.07) is 7.22. The Morgan fingerprint density at radius 3 is 2.85 bits per heavy atom. The Hall–Kier alpha value is -1.95. The van der Waals surface area contributed by atoms with Crippen molar-refractivity contribution in [2.75, 3.05) is 13.1 Å². The summed E-state index contributed by atoms with van der Waals surface area (Å²) in [6.45, 7) is -0.258. The van der Waals surface area contributed by atoms with Gasteiger partial charge >= 0.3 is 5.97 Å². The number of halogens is 1. The number of carboxylic acid groups (broad SMARTS) is 1. The van der Waals surface area contributed by atoms with Gasteiger partial charge in [-0.3, -0.25) is 4.79 Å². The van der Waals surface area contributed by atoms with E-state index in [2.05, 4.69) is 0 Å². The van der Waals surface area contributed by atoms with Crippen LogP contribution in [0.4, 0.5) is 4.39 Å². The third kappa shape index (κ3) is 2.06. The second kappa shape index (κ2) is 4.56. The quantitative estimate of drug-likeness (QED) is 0.925. The number of benzene rings is 1. The normalized spacial score (nSPS) is 22.4. The number of carbonyl (C=O) groups is 2. The van der Waals surface area contributed by atoms with Crippen LogP contribution in [0, 0.1) is 0 Å². The molecule has 4 nitrogen and oxygen atoms in total. The summed E-state index contributed by atoms with van der Waals surface area (Å²) in [4.78, 5) is 24.4. The number of fused-ring (bicyclic) bond motifs is 1. The fourth-order valence-electron chi connectivity index (χ4n) is 2.40. The first-order valence-corrected chi connectivity index (χ1v) is 7.06. The lowest BCUT2D eigenvalue weighted by molar-refractivity contribution is -0.149. The number of amides is 1. The zero-order valence-electron chi connectivity index (χ0n) is 10.5. The van der Waals surface area contributed by atoms with Crippen LogP contribution in [0.25, 0.3) is 10.1 Å². The third-order valence-corrected chi connectivity index (χ3v) is 4.49. The number of hydrogen-bond donors (Lipinski definition) is 1. The predicted molar refractivity (Wildman–Crippen MR) is 73.8 cm³/mol. The van der Waals surface area contributed by atoms with Crippen LogP contribution in [0.15, 0.2) is 29.6 Å². The highest BCUT2D eigenvalue weighted by Crippen LogP contribution is 2.28. The monoisotopic (exact) mass is 293 g/mol. The van der Waals surface area contributed by atoms with Crippen LogP contribution in [-0.2, 0) is 4.79 Å². The van der Waals surface area contributed by atoms with E-state index in [9.17, 15) is 14.0 Å². The minimum atomic E-state index is -2.32. The van der Waals surface area contributed by atoms with Crippen LogP contribution >= 0.6 is 11.3 Å². The van der Waals surface area contributed by atoms with Crippen molar-refractivity contribution in [3.63, 3.8) is 0 Å². The molecule has 2 aromatic rings. The first-order chi connectivity index (χ1) is 9.49. The maximum Gasteiger partial charge on any atom is 0.343 e. The number of likely N-dealkylation sites (tertiary alicyclic amines) is 1. The zero-order chi connectivity index (χ0) is 14.3. The Balaban J connectivity index is 1.84. The summed E-state index contributed by atoms with van der Waals surface area (Å²) in [7, 11) is 0. The van der Waals surface area contributed by atoms with Gasteiger partial charge in [0.25, 0.3) is 5.91 Å². The third-order valence-electron chi connectivity index (χ3n) is 3.59. The minimum Gasteiger partial charge on any atom is -0.479 e. The predicted octanol–water partition coefficient (Wildman–Crippen LogP) is 2.54. The van der Waals surface area contributed by atoms with Gasteiger partial charge in [-0.1, -0.05) is 0 Å². The molecule has 1 fully saturated rings. The number of carboxylic acids is 1. The van der Waals surface area contributed by atoms with Gasteiger partial charge in [0.15, 0.2) is 0 Å². The van der Waals surface area contributed by atoms with E-state index < -0.39 is 11.6 Å². The van der Waals surface area contributed by atoms with Crippen LogP contribution in [0.2, 0.25) is 0 Å². The van der Waals surface area contributed by atoms with Gasteiger partial charge in [-0.05, 0) is 35.0 Å². The molecule has 3 rings (SSSR count). The molecule has 1 aliphatic rings. The van der Waals surface area contributed by atoms with E-state index in [0.717, 1.165) is 10.1 Å². The fourth-order valence-corrected chi connectivity index (χ4v) is 3.17. The lowest BCUT2D eigenvalue weighted by atomic mass is 10.1. The highest BCUT2D eigenvalue weighted by molar-refractivity contribution is 7.17. The van der Waals surface area contributed by atoms with Crippen LogP contribution in [0.5, 0.6) is 0 Å². The topological polar surface area (TPSA) is 57.6 Å². The summed E-state index contributed by atoms with van der Waals surface area (Å²) in [5, 5.41) is 11.7. The van der Waals surface area contributed by atoms with Gasteiger partial charge in [0.2, 0.25) is 5.67 Å². The van der Waals surface area contributed by atoms with Crippen molar-refractivity contribution in [1.82, 2.24) is 4.90 Å². The van der Waals surface area contributed by atoms with Crippen LogP contribution in [0.1, 0.15) is 16.8 Å². The van der Waals surface area contributed by atoms with E-state index in [1.165, 1.54) is 4.90 Å². The van der Waals surface area contributed by atoms with E-state index in [0.29, 0.717) is 5.56 Å². The van der Waals surface area contributed by atoms with Crippen molar-refractivity contribution in [2.24, 2.45) is 0 Å². The molecular weight excluding hydrogens is 281 g/mol. The smallest absolute Gasteiger partial charge is 0.343 e. The average molecular weight is 293 g/mol. The van der Waals surface area contributed by atoms with Crippen LogP contribution < -0.4 is 0 Å². The van der Waals surface area contributed by atoms with Crippen LogP contribution in [0.3, 0.4) is 0 Å². The molecular formula is C14H12FNO3S. The molecule has 20 heavy (non-hydrogen) atoms. The Labute approximate surface area is 118 Å². The first kappa shape index (κ1) is 13.1. The molecule has 104 valence electrons. The SMILES string of the molecule is O=C(c1ccc2sccc2c1)N1CCC(F)(C(=O)O)C1. The van der Waals surface area contributed by atoms with Gasteiger partial charge in [-0.25, -0.2) is 9.18 Å². The van der Waals surface area contributed by atoms with Gasteiger partial charge in [0.1, 0.15) is 0 Å². The molecule has 1 amide bonds. The zero-order valence-corrected chi connectivity index (χ0v) is 11.3. The van der Waals surface area contributed by atoms with Gasteiger partial charge in [-0.2, -0.15) is 0 Å². The number of thiophene rings is 1. The maximum absolute atomic E-state index is 14.0. The number of hydrogen-bond acceptors (Lipinski definition) is 3. The summed E-state index contributed by atoms with van der Waals surface area (Å²) < 4.78 is 15.1. The van der Waals surface area contributed by atoms with Crippen LogP contribution in [-0.4, -0.2) is 40.6 Å². The van der Waals surface area contributed by atoms with Crippen molar-refractivity contribution in [1.29, 1.82) is 0 Å². The molecule has 1 N–H and O–H groups in total. The van der Waals surface area contributed by atoms with Crippen molar-refractivity contribution in [3.8, 4) is 0 Å². The largest absolute Gasteiger partial charge is 0.479 e. The molecule has 1 saturated heterocycles. The van der Waals surface area contributed by atoms with E-state index in [1.807, 2.05) is 17.5 Å². The Kier molecular flexibility index (Phi) is 2.97. The molecule has 0 spiro atoms. The highest BCUT2D eigenvalue weighted by atomic mass is 32.1.